The minimum atomic E-state index is -0.103. The zero-order valence-corrected chi connectivity index (χ0v) is 10.9. The lowest BCUT2D eigenvalue weighted by molar-refractivity contribution is -0.115. The van der Waals surface area contributed by atoms with E-state index in [2.05, 4.69) is 5.32 Å². The summed E-state index contributed by atoms with van der Waals surface area (Å²) in [5, 5.41) is 11.4. The average molecular weight is 265 g/mol. The highest BCUT2D eigenvalue weighted by Gasteiger charge is 2.23. The smallest absolute Gasteiger partial charge is 0.237 e. The molecule has 0 fully saturated rings. The number of amides is 1. The second kappa shape index (κ2) is 5.54. The van der Waals surface area contributed by atoms with Gasteiger partial charge in [-0.25, -0.2) is 0 Å². The predicted molar refractivity (Wildman–Crippen MR) is 71.0 cm³/mol. The number of rotatable bonds is 4. The van der Waals surface area contributed by atoms with Crippen molar-refractivity contribution in [2.75, 3.05) is 11.9 Å². The maximum Gasteiger partial charge on any atom is 0.237 e. The number of carbonyl (C=O) groups excluding carboxylic acids is 2. The van der Waals surface area contributed by atoms with E-state index in [4.69, 9.17) is 5.11 Å². The first kappa shape index (κ1) is 13.1. The topological polar surface area (TPSA) is 66.4 Å². The van der Waals surface area contributed by atoms with Crippen molar-refractivity contribution in [1.82, 2.24) is 0 Å². The zero-order valence-electron chi connectivity index (χ0n) is 10.1. The molecule has 1 aliphatic heterocycles. The van der Waals surface area contributed by atoms with Crippen LogP contribution in [0.1, 0.15) is 30.1 Å². The number of aliphatic hydroxyl groups is 1. The molecule has 1 atom stereocenters. The summed E-state index contributed by atoms with van der Waals surface area (Å²) in [6.07, 6.45) is 0.793. The number of benzene rings is 1. The van der Waals surface area contributed by atoms with Gasteiger partial charge in [-0.1, -0.05) is 6.07 Å². The third-order valence-electron chi connectivity index (χ3n) is 2.79. The molecule has 2 rings (SSSR count). The summed E-state index contributed by atoms with van der Waals surface area (Å²) in [7, 11) is 0. The van der Waals surface area contributed by atoms with E-state index in [1.54, 1.807) is 12.1 Å². The molecular formula is C13H15NO3S. The first-order valence-electron chi connectivity index (χ1n) is 5.87. The molecule has 0 bridgehead atoms. The second-order valence-electron chi connectivity index (χ2n) is 4.21. The minimum Gasteiger partial charge on any atom is -0.396 e. The normalized spacial score (nSPS) is 18.1. The van der Waals surface area contributed by atoms with Crippen molar-refractivity contribution in [1.29, 1.82) is 0 Å². The Balaban J connectivity index is 2.19. The Morgan fingerprint density at radius 3 is 3.00 bits per heavy atom. The molecule has 1 aromatic rings. The van der Waals surface area contributed by atoms with Crippen molar-refractivity contribution in [3.63, 3.8) is 0 Å². The lowest BCUT2D eigenvalue weighted by Gasteiger charge is -2.21. The highest BCUT2D eigenvalue weighted by molar-refractivity contribution is 8.00. The van der Waals surface area contributed by atoms with Crippen LogP contribution in [0, 0.1) is 0 Å². The van der Waals surface area contributed by atoms with Crippen LogP contribution in [0.5, 0.6) is 0 Å². The Kier molecular flexibility index (Phi) is 4.04. The zero-order chi connectivity index (χ0) is 13.1. The van der Waals surface area contributed by atoms with Gasteiger partial charge in [0, 0.05) is 23.5 Å². The van der Waals surface area contributed by atoms with Gasteiger partial charge < -0.3 is 10.4 Å². The van der Waals surface area contributed by atoms with Crippen molar-refractivity contribution in [2.24, 2.45) is 0 Å². The van der Waals surface area contributed by atoms with Crippen molar-refractivity contribution in [3.8, 4) is 0 Å². The summed E-state index contributed by atoms with van der Waals surface area (Å²) in [6, 6.07) is 5.35. The highest BCUT2D eigenvalue weighted by Crippen LogP contribution is 2.36. The SMILES string of the molecule is CC1Sc2ccc(C(=O)CCCO)cc2NC1=O. The molecule has 0 aliphatic carbocycles. The molecule has 0 spiro atoms. The molecule has 4 nitrogen and oxygen atoms in total. The number of Topliss-reactive ketones (excluding diaryl/α,β-unsaturated/α-hetero) is 1. The van der Waals surface area contributed by atoms with Gasteiger partial charge in [0.25, 0.3) is 0 Å². The number of carbonyl (C=O) groups is 2. The van der Waals surface area contributed by atoms with Crippen LogP contribution in [0.2, 0.25) is 0 Å². The summed E-state index contributed by atoms with van der Waals surface area (Å²) in [6.45, 7) is 1.87. The number of fused-ring (bicyclic) bond motifs is 1. The van der Waals surface area contributed by atoms with Gasteiger partial charge >= 0.3 is 0 Å². The Hall–Kier alpha value is -1.33. The molecule has 1 aromatic carbocycles. The third kappa shape index (κ3) is 2.73. The molecule has 1 amide bonds. The van der Waals surface area contributed by atoms with E-state index in [0.29, 0.717) is 24.1 Å². The minimum absolute atomic E-state index is 0.00952. The maximum absolute atomic E-state index is 11.8. The van der Waals surface area contributed by atoms with Crippen LogP contribution < -0.4 is 5.32 Å². The number of anilines is 1. The van der Waals surface area contributed by atoms with E-state index in [9.17, 15) is 9.59 Å². The monoisotopic (exact) mass is 265 g/mol. The molecule has 1 aliphatic rings. The summed E-state index contributed by atoms with van der Waals surface area (Å²) in [4.78, 5) is 24.4. The molecule has 18 heavy (non-hydrogen) atoms. The van der Waals surface area contributed by atoms with Crippen molar-refractivity contribution in [2.45, 2.75) is 29.9 Å². The Morgan fingerprint density at radius 2 is 2.28 bits per heavy atom. The predicted octanol–water partition coefficient (Wildman–Crippen LogP) is 2.07. The largest absolute Gasteiger partial charge is 0.396 e. The first-order chi connectivity index (χ1) is 8.61. The molecule has 1 heterocycles. The van der Waals surface area contributed by atoms with Gasteiger partial charge in [-0.2, -0.15) is 0 Å². The number of ketones is 1. The lowest BCUT2D eigenvalue weighted by Crippen LogP contribution is -2.26. The van der Waals surface area contributed by atoms with Crippen LogP contribution in [0.25, 0.3) is 0 Å². The van der Waals surface area contributed by atoms with Crippen LogP contribution in [-0.2, 0) is 4.79 Å². The van der Waals surface area contributed by atoms with Gasteiger partial charge in [0.2, 0.25) is 5.91 Å². The highest BCUT2D eigenvalue weighted by atomic mass is 32.2. The third-order valence-corrected chi connectivity index (χ3v) is 3.97. The van der Waals surface area contributed by atoms with Gasteiger partial charge in [0.15, 0.2) is 5.78 Å². The molecule has 0 saturated heterocycles. The van der Waals surface area contributed by atoms with Crippen molar-refractivity contribution >= 4 is 29.1 Å². The van der Waals surface area contributed by atoms with E-state index >= 15 is 0 Å². The summed E-state index contributed by atoms with van der Waals surface area (Å²) >= 11 is 1.49. The quantitative estimate of drug-likeness (QED) is 0.818. The van der Waals surface area contributed by atoms with Gasteiger partial charge in [0.05, 0.1) is 10.9 Å². The molecule has 0 radical (unpaired) electrons. The standard InChI is InChI=1S/C13H15NO3S/c1-8-13(17)14-10-7-9(4-5-12(10)18-8)11(16)3-2-6-15/h4-5,7-8,15H,2-3,6H2,1H3,(H,14,17). The number of nitrogens with one attached hydrogen (secondary N) is 1. The fourth-order valence-electron chi connectivity index (χ4n) is 1.77. The molecular weight excluding hydrogens is 250 g/mol. The maximum atomic E-state index is 11.8. The number of thioether (sulfide) groups is 1. The van der Waals surface area contributed by atoms with Crippen LogP contribution in [0.4, 0.5) is 5.69 Å². The molecule has 1 unspecified atom stereocenters. The Labute approximate surface area is 110 Å². The van der Waals surface area contributed by atoms with Crippen LogP contribution in [0.15, 0.2) is 23.1 Å². The first-order valence-corrected chi connectivity index (χ1v) is 6.75. The second-order valence-corrected chi connectivity index (χ2v) is 5.59. The van der Waals surface area contributed by atoms with Crippen molar-refractivity contribution < 1.29 is 14.7 Å². The molecule has 5 heteroatoms. The van der Waals surface area contributed by atoms with Crippen molar-refractivity contribution in [3.05, 3.63) is 23.8 Å². The molecule has 0 saturated carbocycles. The Morgan fingerprint density at radius 1 is 1.50 bits per heavy atom. The molecule has 2 N–H and O–H groups in total. The van der Waals surface area contributed by atoms with Crippen LogP contribution in [-0.4, -0.2) is 28.7 Å². The van der Waals surface area contributed by atoms with Crippen LogP contribution >= 0.6 is 11.8 Å². The van der Waals surface area contributed by atoms with Gasteiger partial charge in [-0.05, 0) is 25.5 Å². The van der Waals surface area contributed by atoms with E-state index in [0.717, 1.165) is 4.90 Å². The Bertz CT molecular complexity index is 487. The fraction of sp³-hybridized carbons (Fsp3) is 0.385. The van der Waals surface area contributed by atoms with E-state index < -0.39 is 0 Å². The molecule has 96 valence electrons. The summed E-state index contributed by atoms with van der Waals surface area (Å²) in [5.74, 6) is -0.0443. The summed E-state index contributed by atoms with van der Waals surface area (Å²) < 4.78 is 0. The fourth-order valence-corrected chi connectivity index (χ4v) is 2.70. The number of aliphatic hydroxyl groups excluding tert-OH is 1. The number of hydrogen-bond donors (Lipinski definition) is 2. The van der Waals surface area contributed by atoms with E-state index in [1.165, 1.54) is 11.8 Å². The van der Waals surface area contributed by atoms with Gasteiger partial charge in [-0.15, -0.1) is 11.8 Å². The van der Waals surface area contributed by atoms with Gasteiger partial charge in [-0.3, -0.25) is 9.59 Å². The van der Waals surface area contributed by atoms with Gasteiger partial charge in [0.1, 0.15) is 0 Å². The van der Waals surface area contributed by atoms with E-state index in [1.807, 2.05) is 13.0 Å². The van der Waals surface area contributed by atoms with Crippen LogP contribution in [0.3, 0.4) is 0 Å². The van der Waals surface area contributed by atoms with E-state index in [-0.39, 0.29) is 23.5 Å². The lowest BCUT2D eigenvalue weighted by atomic mass is 10.1. The average Bonchev–Trinajstić information content (AvgIpc) is 2.36. The summed E-state index contributed by atoms with van der Waals surface area (Å²) in [5.41, 5.74) is 1.29. The number of hydrogen-bond acceptors (Lipinski definition) is 4. The molecule has 0 aromatic heterocycles.